The van der Waals surface area contributed by atoms with Crippen LogP contribution in [0.2, 0.25) is 0 Å². The highest BCUT2D eigenvalue weighted by molar-refractivity contribution is 7.92. The van der Waals surface area contributed by atoms with Crippen molar-refractivity contribution in [2.75, 3.05) is 0 Å². The first-order valence-corrected chi connectivity index (χ1v) is 7.64. The van der Waals surface area contributed by atoms with Gasteiger partial charge in [0, 0.05) is 22.6 Å². The summed E-state index contributed by atoms with van der Waals surface area (Å²) in [5.41, 5.74) is -3.06. The molecule has 118 valence electrons. The van der Waals surface area contributed by atoms with Crippen molar-refractivity contribution in [3.8, 4) is 5.69 Å². The molecule has 8 heteroatoms. The van der Waals surface area contributed by atoms with Gasteiger partial charge in [0.15, 0.2) is 6.29 Å². The van der Waals surface area contributed by atoms with Gasteiger partial charge >= 0.3 is 5.51 Å². The second kappa shape index (κ2) is 5.28. The third kappa shape index (κ3) is 2.54. The fourth-order valence-electron chi connectivity index (χ4n) is 2.21. The first-order valence-electron chi connectivity index (χ1n) is 6.15. The summed E-state index contributed by atoms with van der Waals surface area (Å²) in [5.74, 6) is 0. The number of hydrogen-bond donors (Lipinski definition) is 0. The summed E-state index contributed by atoms with van der Waals surface area (Å²) in [4.78, 5) is 10.1. The van der Waals surface area contributed by atoms with E-state index in [0.29, 0.717) is 28.9 Å². The van der Waals surface area contributed by atoms with Crippen LogP contribution in [0.5, 0.6) is 0 Å². The summed E-state index contributed by atoms with van der Waals surface area (Å²) < 4.78 is 61.7. The molecule has 0 saturated carbocycles. The molecule has 0 spiro atoms. The molecule has 2 aromatic rings. The standard InChI is InChI=1S/C14H12F3NO3S/c1-9-7-11(8-19)10(2)18(9)12-3-5-13(6-4-12)22(20,21)14(15,16)17/h3-8H,1-2H3. The Kier molecular flexibility index (Phi) is 3.90. The van der Waals surface area contributed by atoms with E-state index in [2.05, 4.69) is 0 Å². The van der Waals surface area contributed by atoms with Crippen molar-refractivity contribution in [3.63, 3.8) is 0 Å². The second-order valence-corrected chi connectivity index (χ2v) is 6.66. The average Bonchev–Trinajstić information content (AvgIpc) is 2.72. The number of halogens is 3. The van der Waals surface area contributed by atoms with Gasteiger partial charge in [0.05, 0.1) is 4.90 Å². The molecule has 0 unspecified atom stereocenters. The topological polar surface area (TPSA) is 56.1 Å². The Hall–Kier alpha value is -2.09. The van der Waals surface area contributed by atoms with E-state index in [1.54, 1.807) is 24.5 Å². The number of hydrogen-bond acceptors (Lipinski definition) is 3. The van der Waals surface area contributed by atoms with Crippen molar-refractivity contribution in [2.24, 2.45) is 0 Å². The highest BCUT2D eigenvalue weighted by Gasteiger charge is 2.46. The van der Waals surface area contributed by atoms with Gasteiger partial charge in [0.1, 0.15) is 0 Å². The predicted octanol–water partition coefficient (Wildman–Crippen LogP) is 3.20. The number of carbonyl (C=O) groups is 1. The molecule has 0 fully saturated rings. The van der Waals surface area contributed by atoms with Gasteiger partial charge in [-0.05, 0) is 44.2 Å². The van der Waals surface area contributed by atoms with Crippen molar-refractivity contribution in [2.45, 2.75) is 24.3 Å². The Morgan fingerprint density at radius 2 is 1.64 bits per heavy atom. The zero-order valence-corrected chi connectivity index (χ0v) is 12.5. The van der Waals surface area contributed by atoms with Crippen LogP contribution in [0, 0.1) is 13.8 Å². The Morgan fingerprint density at radius 3 is 2.05 bits per heavy atom. The van der Waals surface area contributed by atoms with Gasteiger partial charge in [0.2, 0.25) is 0 Å². The number of rotatable bonds is 3. The lowest BCUT2D eigenvalue weighted by atomic mass is 10.2. The molecule has 0 atom stereocenters. The molecule has 0 bridgehead atoms. The Bertz CT molecular complexity index is 818. The van der Waals surface area contributed by atoms with Crippen molar-refractivity contribution in [1.29, 1.82) is 0 Å². The molecule has 1 heterocycles. The van der Waals surface area contributed by atoms with Crippen molar-refractivity contribution >= 4 is 16.1 Å². The number of aldehydes is 1. The maximum absolute atomic E-state index is 12.5. The summed E-state index contributed by atoms with van der Waals surface area (Å²) in [7, 11) is -5.36. The Labute approximate surface area is 125 Å². The predicted molar refractivity (Wildman–Crippen MR) is 73.9 cm³/mol. The minimum Gasteiger partial charge on any atom is -0.318 e. The van der Waals surface area contributed by atoms with E-state index in [0.717, 1.165) is 12.1 Å². The zero-order chi connectivity index (χ0) is 16.7. The molecule has 0 radical (unpaired) electrons. The smallest absolute Gasteiger partial charge is 0.318 e. The summed E-state index contributed by atoms with van der Waals surface area (Å²) in [6.45, 7) is 3.43. The van der Waals surface area contributed by atoms with Gasteiger partial charge in [-0.25, -0.2) is 8.42 Å². The number of aryl methyl sites for hydroxylation is 1. The second-order valence-electron chi connectivity index (χ2n) is 4.72. The largest absolute Gasteiger partial charge is 0.501 e. The van der Waals surface area contributed by atoms with Crippen molar-refractivity contribution in [1.82, 2.24) is 4.57 Å². The van der Waals surface area contributed by atoms with E-state index >= 15 is 0 Å². The van der Waals surface area contributed by atoms with E-state index < -0.39 is 20.2 Å². The highest BCUT2D eigenvalue weighted by atomic mass is 32.2. The molecule has 0 saturated heterocycles. The zero-order valence-electron chi connectivity index (χ0n) is 11.7. The minimum atomic E-state index is -5.36. The Balaban J connectivity index is 2.51. The SMILES string of the molecule is Cc1cc(C=O)c(C)n1-c1ccc(S(=O)(=O)C(F)(F)F)cc1. The lowest BCUT2D eigenvalue weighted by Gasteiger charge is -2.12. The lowest BCUT2D eigenvalue weighted by Crippen LogP contribution is -2.23. The molecule has 0 aliphatic rings. The fourth-order valence-corrected chi connectivity index (χ4v) is 2.97. The van der Waals surface area contributed by atoms with Gasteiger partial charge in [-0.1, -0.05) is 0 Å². The molecule has 2 rings (SSSR count). The molecule has 0 aliphatic heterocycles. The van der Waals surface area contributed by atoms with Crippen molar-refractivity contribution in [3.05, 3.63) is 47.3 Å². The van der Waals surface area contributed by atoms with E-state index in [4.69, 9.17) is 0 Å². The van der Waals surface area contributed by atoms with E-state index in [1.165, 1.54) is 12.1 Å². The first-order chi connectivity index (χ1) is 10.1. The summed E-state index contributed by atoms with van der Waals surface area (Å²) in [6, 6.07) is 5.98. The molecule has 1 aromatic heterocycles. The van der Waals surface area contributed by atoms with Gasteiger partial charge < -0.3 is 4.57 Å². The number of alkyl halides is 3. The number of aromatic nitrogens is 1. The van der Waals surface area contributed by atoms with E-state index in [-0.39, 0.29) is 0 Å². The Morgan fingerprint density at radius 1 is 1.09 bits per heavy atom. The molecule has 1 aromatic carbocycles. The maximum atomic E-state index is 12.5. The van der Waals surface area contributed by atoms with Gasteiger partial charge in [0.25, 0.3) is 9.84 Å². The van der Waals surface area contributed by atoms with Gasteiger partial charge in [-0.3, -0.25) is 4.79 Å². The monoisotopic (exact) mass is 331 g/mol. The van der Waals surface area contributed by atoms with Crippen LogP contribution in [0.4, 0.5) is 13.2 Å². The average molecular weight is 331 g/mol. The molecule has 0 N–H and O–H groups in total. The van der Waals surface area contributed by atoms with E-state index in [1.807, 2.05) is 0 Å². The number of benzene rings is 1. The summed E-state index contributed by atoms with van der Waals surface area (Å²) in [5, 5.41) is 0. The third-order valence-corrected chi connectivity index (χ3v) is 4.81. The van der Waals surface area contributed by atoms with Crippen LogP contribution in [0.1, 0.15) is 21.7 Å². The van der Waals surface area contributed by atoms with Crippen LogP contribution in [0.3, 0.4) is 0 Å². The van der Waals surface area contributed by atoms with Crippen LogP contribution in [-0.2, 0) is 9.84 Å². The molecule has 0 aliphatic carbocycles. The quantitative estimate of drug-likeness (QED) is 0.812. The molecule has 22 heavy (non-hydrogen) atoms. The molecule has 0 amide bonds. The van der Waals surface area contributed by atoms with Crippen LogP contribution in [0.25, 0.3) is 5.69 Å². The summed E-state index contributed by atoms with van der Waals surface area (Å²) >= 11 is 0. The van der Waals surface area contributed by atoms with Crippen LogP contribution < -0.4 is 0 Å². The van der Waals surface area contributed by atoms with E-state index in [9.17, 15) is 26.4 Å². The summed E-state index contributed by atoms with van der Waals surface area (Å²) in [6.07, 6.45) is 0.682. The third-order valence-electron chi connectivity index (χ3n) is 3.31. The van der Waals surface area contributed by atoms with Gasteiger partial charge in [-0.2, -0.15) is 13.2 Å². The number of carbonyl (C=O) groups excluding carboxylic acids is 1. The molecular weight excluding hydrogens is 319 g/mol. The maximum Gasteiger partial charge on any atom is 0.501 e. The molecular formula is C14H12F3NO3S. The number of sulfone groups is 1. The lowest BCUT2D eigenvalue weighted by molar-refractivity contribution is -0.0436. The number of nitrogens with zero attached hydrogens (tertiary/aromatic N) is 1. The minimum absolute atomic E-state index is 0.462. The molecule has 4 nitrogen and oxygen atoms in total. The normalized spacial score (nSPS) is 12.4. The van der Waals surface area contributed by atoms with Crippen LogP contribution >= 0.6 is 0 Å². The van der Waals surface area contributed by atoms with Gasteiger partial charge in [-0.15, -0.1) is 0 Å². The van der Waals surface area contributed by atoms with Crippen LogP contribution in [0.15, 0.2) is 35.2 Å². The van der Waals surface area contributed by atoms with Crippen LogP contribution in [-0.4, -0.2) is 24.8 Å². The highest BCUT2D eigenvalue weighted by Crippen LogP contribution is 2.31. The fraction of sp³-hybridized carbons (Fsp3) is 0.214. The first kappa shape index (κ1) is 16.3. The van der Waals surface area contributed by atoms with Crippen molar-refractivity contribution < 1.29 is 26.4 Å².